The van der Waals surface area contributed by atoms with Gasteiger partial charge in [-0.05, 0) is 31.0 Å². The SMILES string of the molecule is O=[N+]([O-])c1cnc2c(ccn2S(=O)(=O)c2ccccc2)c1NC1CCCC(F)(F)C1. The second-order valence-electron chi connectivity index (χ2n) is 7.24. The molecular weight excluding hydrogens is 418 g/mol. The number of hydrogen-bond donors (Lipinski definition) is 1. The van der Waals surface area contributed by atoms with Crippen LogP contribution in [0.2, 0.25) is 0 Å². The Morgan fingerprint density at radius 2 is 1.97 bits per heavy atom. The smallest absolute Gasteiger partial charge is 0.311 e. The molecule has 1 atom stereocenters. The molecule has 8 nitrogen and oxygen atoms in total. The topological polar surface area (TPSA) is 107 Å². The Bertz CT molecular complexity index is 1210. The Kier molecular flexibility index (Phi) is 4.92. The molecule has 1 aliphatic carbocycles. The van der Waals surface area contributed by atoms with Gasteiger partial charge in [0.25, 0.3) is 10.0 Å². The van der Waals surface area contributed by atoms with Gasteiger partial charge in [-0.3, -0.25) is 10.1 Å². The van der Waals surface area contributed by atoms with Crippen LogP contribution in [-0.2, 0) is 10.0 Å². The molecule has 1 aliphatic rings. The number of anilines is 1. The molecule has 1 aromatic carbocycles. The van der Waals surface area contributed by atoms with Gasteiger partial charge in [0.05, 0.1) is 15.2 Å². The number of pyridine rings is 1. The van der Waals surface area contributed by atoms with Gasteiger partial charge in [-0.25, -0.2) is 26.2 Å². The Morgan fingerprint density at radius 3 is 2.63 bits per heavy atom. The number of rotatable bonds is 5. The maximum atomic E-state index is 13.8. The number of nitro groups is 1. The first-order valence-electron chi connectivity index (χ1n) is 9.28. The summed E-state index contributed by atoms with van der Waals surface area (Å²) in [6.45, 7) is 0. The zero-order valence-electron chi connectivity index (χ0n) is 15.7. The minimum atomic E-state index is -3.99. The Hall–Kier alpha value is -3.08. The van der Waals surface area contributed by atoms with Crippen molar-refractivity contribution in [2.75, 3.05) is 5.32 Å². The fourth-order valence-corrected chi connectivity index (χ4v) is 5.06. The zero-order valence-corrected chi connectivity index (χ0v) is 16.5. The zero-order chi connectivity index (χ0) is 21.5. The molecule has 0 spiro atoms. The third-order valence-corrected chi connectivity index (χ3v) is 6.83. The van der Waals surface area contributed by atoms with Crippen molar-refractivity contribution >= 4 is 32.4 Å². The van der Waals surface area contributed by atoms with E-state index in [0.29, 0.717) is 6.42 Å². The summed E-state index contributed by atoms with van der Waals surface area (Å²) in [5.74, 6) is -2.85. The Labute approximate surface area is 170 Å². The van der Waals surface area contributed by atoms with E-state index in [1.807, 2.05) is 0 Å². The number of nitrogens with one attached hydrogen (secondary N) is 1. The summed E-state index contributed by atoms with van der Waals surface area (Å²) in [6, 6.07) is 8.40. The van der Waals surface area contributed by atoms with Crippen molar-refractivity contribution < 1.29 is 22.1 Å². The molecule has 11 heteroatoms. The molecule has 1 fully saturated rings. The molecule has 30 heavy (non-hydrogen) atoms. The van der Waals surface area contributed by atoms with Crippen LogP contribution < -0.4 is 5.32 Å². The maximum absolute atomic E-state index is 13.8. The summed E-state index contributed by atoms with van der Waals surface area (Å²) < 4.78 is 54.5. The average molecular weight is 436 g/mol. The number of fused-ring (bicyclic) bond motifs is 1. The van der Waals surface area contributed by atoms with Crippen molar-refractivity contribution in [2.45, 2.75) is 42.5 Å². The van der Waals surface area contributed by atoms with E-state index in [0.717, 1.165) is 10.2 Å². The van der Waals surface area contributed by atoms with Crippen LogP contribution in [0.5, 0.6) is 0 Å². The highest BCUT2D eigenvalue weighted by atomic mass is 32.2. The van der Waals surface area contributed by atoms with Crippen molar-refractivity contribution in [2.24, 2.45) is 0 Å². The summed E-state index contributed by atoms with van der Waals surface area (Å²) in [5, 5.41) is 14.6. The fourth-order valence-electron chi connectivity index (χ4n) is 3.74. The van der Waals surface area contributed by atoms with Crippen LogP contribution in [0.1, 0.15) is 25.7 Å². The summed E-state index contributed by atoms with van der Waals surface area (Å²) in [5.41, 5.74) is -0.421. The normalized spacial score (nSPS) is 18.9. The number of aromatic nitrogens is 2. The van der Waals surface area contributed by atoms with Gasteiger partial charge in [0.1, 0.15) is 11.9 Å². The molecular formula is C19H18F2N4O4S. The molecule has 1 N–H and O–H groups in total. The third-order valence-electron chi connectivity index (χ3n) is 5.15. The lowest BCUT2D eigenvalue weighted by Gasteiger charge is -2.30. The second-order valence-corrected chi connectivity index (χ2v) is 9.05. The van der Waals surface area contributed by atoms with Gasteiger partial charge in [0, 0.05) is 25.1 Å². The molecule has 1 unspecified atom stereocenters. The van der Waals surface area contributed by atoms with Crippen LogP contribution in [0.25, 0.3) is 11.0 Å². The first kappa shape index (κ1) is 20.2. The van der Waals surface area contributed by atoms with Gasteiger partial charge < -0.3 is 5.32 Å². The fraction of sp³-hybridized carbons (Fsp3) is 0.316. The number of nitrogens with zero attached hydrogens (tertiary/aromatic N) is 3. The molecule has 0 aliphatic heterocycles. The molecule has 0 radical (unpaired) electrons. The van der Waals surface area contributed by atoms with Crippen molar-refractivity contribution in [3.63, 3.8) is 0 Å². The second kappa shape index (κ2) is 7.31. The van der Waals surface area contributed by atoms with Crippen LogP contribution in [-0.4, -0.2) is 34.3 Å². The highest BCUT2D eigenvalue weighted by Gasteiger charge is 2.37. The molecule has 2 heterocycles. The quantitative estimate of drug-likeness (QED) is 0.475. The monoisotopic (exact) mass is 436 g/mol. The van der Waals surface area contributed by atoms with E-state index in [1.54, 1.807) is 18.2 Å². The Morgan fingerprint density at radius 1 is 1.23 bits per heavy atom. The summed E-state index contributed by atoms with van der Waals surface area (Å²) >= 11 is 0. The predicted octanol–water partition coefficient (Wildman–Crippen LogP) is 4.17. The van der Waals surface area contributed by atoms with Crippen LogP contribution in [0.15, 0.2) is 53.7 Å². The van der Waals surface area contributed by atoms with Gasteiger partial charge in [-0.1, -0.05) is 18.2 Å². The molecule has 0 saturated heterocycles. The number of alkyl halides is 2. The highest BCUT2D eigenvalue weighted by molar-refractivity contribution is 7.90. The largest absolute Gasteiger partial charge is 0.376 e. The lowest BCUT2D eigenvalue weighted by Crippen LogP contribution is -2.34. The first-order chi connectivity index (χ1) is 14.2. The van der Waals surface area contributed by atoms with Gasteiger partial charge >= 0.3 is 5.69 Å². The average Bonchev–Trinajstić information content (AvgIpc) is 3.13. The van der Waals surface area contributed by atoms with E-state index in [-0.39, 0.29) is 34.5 Å². The molecule has 2 aromatic heterocycles. The van der Waals surface area contributed by atoms with Crippen molar-refractivity contribution in [1.29, 1.82) is 0 Å². The predicted molar refractivity (Wildman–Crippen MR) is 106 cm³/mol. The maximum Gasteiger partial charge on any atom is 0.311 e. The van der Waals surface area contributed by atoms with Crippen LogP contribution >= 0.6 is 0 Å². The van der Waals surface area contributed by atoms with Crippen molar-refractivity contribution in [1.82, 2.24) is 8.96 Å². The molecule has 1 saturated carbocycles. The number of benzene rings is 1. The summed E-state index contributed by atoms with van der Waals surface area (Å²) in [6.07, 6.45) is 2.25. The van der Waals surface area contributed by atoms with E-state index < -0.39 is 39.0 Å². The standard InChI is InChI=1S/C19H18F2N4O4S/c20-19(21)9-4-5-13(11-19)23-17-15-8-10-24(18(15)22-12-16(17)25(26)27)30(28,29)14-6-2-1-3-7-14/h1-3,6-8,10,12-13H,4-5,9,11H2,(H,22,23). The van der Waals surface area contributed by atoms with Crippen molar-refractivity contribution in [3.05, 3.63) is 58.9 Å². The van der Waals surface area contributed by atoms with Gasteiger partial charge in [0.2, 0.25) is 5.92 Å². The van der Waals surface area contributed by atoms with E-state index in [2.05, 4.69) is 10.3 Å². The van der Waals surface area contributed by atoms with Crippen LogP contribution in [0.3, 0.4) is 0 Å². The number of hydrogen-bond acceptors (Lipinski definition) is 6. The van der Waals surface area contributed by atoms with E-state index in [1.165, 1.54) is 24.4 Å². The highest BCUT2D eigenvalue weighted by Crippen LogP contribution is 2.38. The molecule has 3 aromatic rings. The lowest BCUT2D eigenvalue weighted by atomic mass is 9.92. The van der Waals surface area contributed by atoms with E-state index >= 15 is 0 Å². The number of halogens is 2. The van der Waals surface area contributed by atoms with E-state index in [4.69, 9.17) is 0 Å². The minimum Gasteiger partial charge on any atom is -0.376 e. The van der Waals surface area contributed by atoms with Gasteiger partial charge in [0.15, 0.2) is 5.65 Å². The van der Waals surface area contributed by atoms with Gasteiger partial charge in [-0.2, -0.15) is 0 Å². The lowest BCUT2D eigenvalue weighted by molar-refractivity contribution is -0.384. The molecule has 0 bridgehead atoms. The molecule has 0 amide bonds. The first-order valence-corrected chi connectivity index (χ1v) is 10.7. The van der Waals surface area contributed by atoms with Crippen LogP contribution in [0.4, 0.5) is 20.2 Å². The summed E-state index contributed by atoms with van der Waals surface area (Å²) in [4.78, 5) is 14.9. The van der Waals surface area contributed by atoms with Crippen molar-refractivity contribution in [3.8, 4) is 0 Å². The van der Waals surface area contributed by atoms with Gasteiger partial charge in [-0.15, -0.1) is 0 Å². The Balaban J connectivity index is 1.82. The minimum absolute atomic E-state index is 0.00490. The molecule has 158 valence electrons. The third kappa shape index (κ3) is 3.60. The summed E-state index contributed by atoms with van der Waals surface area (Å²) in [7, 11) is -3.99. The van der Waals surface area contributed by atoms with Crippen LogP contribution in [0, 0.1) is 10.1 Å². The molecule has 4 rings (SSSR count). The van der Waals surface area contributed by atoms with E-state index in [9.17, 15) is 27.3 Å².